The summed E-state index contributed by atoms with van der Waals surface area (Å²) in [6.07, 6.45) is 4.54. The Bertz CT molecular complexity index is 572. The van der Waals surface area contributed by atoms with Gasteiger partial charge in [-0.1, -0.05) is 6.92 Å². The third-order valence-corrected chi connectivity index (χ3v) is 4.70. The van der Waals surface area contributed by atoms with Gasteiger partial charge in [0.2, 0.25) is 0 Å². The quantitative estimate of drug-likeness (QED) is 0.782. The smallest absolute Gasteiger partial charge is 0.137 e. The average molecular weight is 317 g/mol. The van der Waals surface area contributed by atoms with Gasteiger partial charge in [0.25, 0.3) is 0 Å². The molecule has 6 nitrogen and oxygen atoms in total. The summed E-state index contributed by atoms with van der Waals surface area (Å²) in [4.78, 5) is 9.06. The maximum absolute atomic E-state index is 5.73. The van der Waals surface area contributed by atoms with Crippen LogP contribution in [0.2, 0.25) is 0 Å². The number of hydrogen-bond donors (Lipinski definition) is 0. The van der Waals surface area contributed by atoms with E-state index in [1.165, 1.54) is 0 Å². The zero-order valence-electron chi connectivity index (χ0n) is 14.2. The second-order valence-corrected chi connectivity index (χ2v) is 6.48. The molecule has 0 saturated carbocycles. The third kappa shape index (κ3) is 4.65. The third-order valence-electron chi connectivity index (χ3n) is 4.70. The highest BCUT2D eigenvalue weighted by Crippen LogP contribution is 2.21. The van der Waals surface area contributed by atoms with Crippen molar-refractivity contribution in [2.45, 2.75) is 32.7 Å². The van der Waals surface area contributed by atoms with Crippen LogP contribution in [0.4, 0.5) is 0 Å². The minimum atomic E-state index is 0.494. The highest BCUT2D eigenvalue weighted by Gasteiger charge is 2.18. The summed E-state index contributed by atoms with van der Waals surface area (Å²) in [5.74, 6) is 2.62. The molecule has 0 bridgehead atoms. The van der Waals surface area contributed by atoms with E-state index < -0.39 is 0 Å². The van der Waals surface area contributed by atoms with Crippen molar-refractivity contribution in [1.29, 1.82) is 0 Å². The van der Waals surface area contributed by atoms with E-state index in [1.807, 2.05) is 11.6 Å². The first-order valence-corrected chi connectivity index (χ1v) is 8.54. The first kappa shape index (κ1) is 16.2. The lowest BCUT2D eigenvalue weighted by Gasteiger charge is -2.35. The van der Waals surface area contributed by atoms with Crippen LogP contribution in [0.25, 0.3) is 0 Å². The molecule has 1 aliphatic rings. The summed E-state index contributed by atoms with van der Waals surface area (Å²) in [6, 6.07) is 4.17. The Morgan fingerprint density at radius 1 is 1.09 bits per heavy atom. The summed E-state index contributed by atoms with van der Waals surface area (Å²) in [6.45, 7) is 12.0. The van der Waals surface area contributed by atoms with Crippen LogP contribution < -0.4 is 0 Å². The van der Waals surface area contributed by atoms with Crippen LogP contribution in [0.5, 0.6) is 0 Å². The van der Waals surface area contributed by atoms with Crippen LogP contribution in [-0.4, -0.2) is 63.8 Å². The van der Waals surface area contributed by atoms with E-state index in [-0.39, 0.29) is 0 Å². The number of piperazine rings is 1. The predicted octanol–water partition coefficient (Wildman–Crippen LogP) is 1.99. The van der Waals surface area contributed by atoms with Gasteiger partial charge in [-0.3, -0.25) is 9.58 Å². The molecule has 1 unspecified atom stereocenters. The Morgan fingerprint density at radius 2 is 1.83 bits per heavy atom. The molecule has 6 heteroatoms. The van der Waals surface area contributed by atoms with E-state index in [4.69, 9.17) is 4.42 Å². The van der Waals surface area contributed by atoms with Crippen molar-refractivity contribution in [3.63, 3.8) is 0 Å². The van der Waals surface area contributed by atoms with Gasteiger partial charge in [-0.2, -0.15) is 5.10 Å². The van der Waals surface area contributed by atoms with E-state index in [9.17, 15) is 0 Å². The Kier molecular flexibility index (Phi) is 5.46. The molecule has 23 heavy (non-hydrogen) atoms. The van der Waals surface area contributed by atoms with Crippen LogP contribution >= 0.6 is 0 Å². The minimum absolute atomic E-state index is 0.494. The lowest BCUT2D eigenvalue weighted by molar-refractivity contribution is 0.125. The van der Waals surface area contributed by atoms with E-state index in [0.29, 0.717) is 5.92 Å². The monoisotopic (exact) mass is 317 g/mol. The predicted molar refractivity (Wildman–Crippen MR) is 89.4 cm³/mol. The first-order valence-electron chi connectivity index (χ1n) is 8.54. The summed E-state index contributed by atoms with van der Waals surface area (Å²) in [5.41, 5.74) is 0. The van der Waals surface area contributed by atoms with Crippen molar-refractivity contribution < 1.29 is 4.42 Å². The molecule has 3 heterocycles. The average Bonchev–Trinajstić information content (AvgIpc) is 3.23. The van der Waals surface area contributed by atoms with Crippen molar-refractivity contribution in [2.24, 2.45) is 0 Å². The number of furan rings is 1. The van der Waals surface area contributed by atoms with Crippen LogP contribution in [0.1, 0.15) is 30.8 Å². The van der Waals surface area contributed by atoms with Gasteiger partial charge in [0.05, 0.1) is 6.54 Å². The molecule has 2 aromatic rings. The molecule has 3 rings (SSSR count). The fourth-order valence-electron chi connectivity index (χ4n) is 3.07. The molecular weight excluding hydrogens is 290 g/mol. The maximum atomic E-state index is 5.73. The standard InChI is InChI=1S/C17H27N5O/c1-15(17-4-3-16(2)23-17)5-6-20-7-9-21(10-8-20)11-12-22-14-18-13-19-22/h3-4,13-15H,5-12H2,1-2H3. The van der Waals surface area contributed by atoms with Gasteiger partial charge in [-0.05, 0) is 32.0 Å². The molecule has 0 aromatic carbocycles. The lowest BCUT2D eigenvalue weighted by atomic mass is 10.0. The number of aryl methyl sites for hydroxylation is 1. The first-order chi connectivity index (χ1) is 11.2. The topological polar surface area (TPSA) is 50.3 Å². The molecule has 1 fully saturated rings. The minimum Gasteiger partial charge on any atom is -0.466 e. The van der Waals surface area contributed by atoms with E-state index in [0.717, 1.165) is 63.8 Å². The molecule has 1 atom stereocenters. The molecular formula is C17H27N5O. The molecule has 1 saturated heterocycles. The maximum Gasteiger partial charge on any atom is 0.137 e. The largest absolute Gasteiger partial charge is 0.466 e. The number of nitrogens with zero attached hydrogens (tertiary/aromatic N) is 5. The Balaban J connectivity index is 1.34. The fourth-order valence-corrected chi connectivity index (χ4v) is 3.07. The van der Waals surface area contributed by atoms with Crippen molar-refractivity contribution in [3.8, 4) is 0 Å². The second-order valence-electron chi connectivity index (χ2n) is 6.48. The number of aromatic nitrogens is 3. The molecule has 126 valence electrons. The van der Waals surface area contributed by atoms with Gasteiger partial charge < -0.3 is 9.32 Å². The normalized spacial score (nSPS) is 18.3. The van der Waals surface area contributed by atoms with Gasteiger partial charge in [-0.25, -0.2) is 4.98 Å². The van der Waals surface area contributed by atoms with E-state index in [1.54, 1.807) is 12.7 Å². The van der Waals surface area contributed by atoms with Gasteiger partial charge in [-0.15, -0.1) is 0 Å². The Labute approximate surface area is 138 Å². The Hall–Kier alpha value is -1.66. The van der Waals surface area contributed by atoms with Crippen LogP contribution in [0.3, 0.4) is 0 Å². The zero-order valence-corrected chi connectivity index (χ0v) is 14.2. The van der Waals surface area contributed by atoms with E-state index >= 15 is 0 Å². The molecule has 0 N–H and O–H groups in total. The summed E-state index contributed by atoms with van der Waals surface area (Å²) in [5, 5.41) is 4.15. The summed E-state index contributed by atoms with van der Waals surface area (Å²) >= 11 is 0. The van der Waals surface area contributed by atoms with Crippen molar-refractivity contribution in [1.82, 2.24) is 24.6 Å². The number of hydrogen-bond acceptors (Lipinski definition) is 5. The van der Waals surface area contributed by atoms with Gasteiger partial charge in [0.15, 0.2) is 0 Å². The SMILES string of the molecule is Cc1ccc(C(C)CCN2CCN(CCn3cncn3)CC2)o1. The van der Waals surface area contributed by atoms with Gasteiger partial charge in [0, 0.05) is 38.6 Å². The molecule has 0 spiro atoms. The van der Waals surface area contributed by atoms with Crippen LogP contribution in [0, 0.1) is 6.92 Å². The Morgan fingerprint density at radius 3 is 2.43 bits per heavy atom. The molecule has 0 amide bonds. The number of rotatable bonds is 7. The van der Waals surface area contributed by atoms with Gasteiger partial charge in [0.1, 0.15) is 24.2 Å². The van der Waals surface area contributed by atoms with Crippen molar-refractivity contribution in [3.05, 3.63) is 36.3 Å². The van der Waals surface area contributed by atoms with Crippen LogP contribution in [0.15, 0.2) is 29.2 Å². The van der Waals surface area contributed by atoms with Crippen molar-refractivity contribution >= 4 is 0 Å². The van der Waals surface area contributed by atoms with E-state index in [2.05, 4.69) is 38.9 Å². The highest BCUT2D eigenvalue weighted by atomic mass is 16.3. The fraction of sp³-hybridized carbons (Fsp3) is 0.647. The second kappa shape index (κ2) is 7.75. The molecule has 1 aliphatic heterocycles. The summed E-state index contributed by atoms with van der Waals surface area (Å²) in [7, 11) is 0. The summed E-state index contributed by atoms with van der Waals surface area (Å²) < 4.78 is 7.63. The van der Waals surface area contributed by atoms with Gasteiger partial charge >= 0.3 is 0 Å². The lowest BCUT2D eigenvalue weighted by Crippen LogP contribution is -2.47. The zero-order chi connectivity index (χ0) is 16.1. The van der Waals surface area contributed by atoms with Crippen LogP contribution in [-0.2, 0) is 6.54 Å². The van der Waals surface area contributed by atoms with Crippen molar-refractivity contribution in [2.75, 3.05) is 39.3 Å². The molecule has 2 aromatic heterocycles. The molecule has 0 radical (unpaired) electrons. The molecule has 0 aliphatic carbocycles. The highest BCUT2D eigenvalue weighted by molar-refractivity contribution is 5.09.